The van der Waals surface area contributed by atoms with Gasteiger partial charge in [0.15, 0.2) is 0 Å². The molecule has 0 amide bonds. The van der Waals surface area contributed by atoms with E-state index in [1.807, 2.05) is 0 Å². The van der Waals surface area contributed by atoms with Crippen LogP contribution in [-0.4, -0.2) is 12.1 Å². The molecule has 0 atom stereocenters. The Morgan fingerprint density at radius 3 is 1.75 bits per heavy atom. The van der Waals surface area contributed by atoms with Gasteiger partial charge in [0.25, 0.3) is 0 Å². The number of nitrogens with one attached hydrogen (secondary N) is 1. The van der Waals surface area contributed by atoms with Gasteiger partial charge in [-0.15, -0.1) is 0 Å². The van der Waals surface area contributed by atoms with Gasteiger partial charge in [0, 0.05) is 5.54 Å². The minimum absolute atomic E-state index is 0.470. The fourth-order valence-corrected chi connectivity index (χ4v) is 3.51. The molecule has 0 radical (unpaired) electrons. The third-order valence-electron chi connectivity index (χ3n) is 5.04. The van der Waals surface area contributed by atoms with Crippen molar-refractivity contribution in [3.8, 4) is 0 Å². The molecule has 1 N–H and O–H groups in total. The molecule has 0 aromatic heterocycles. The zero-order valence-corrected chi connectivity index (χ0v) is 14.3. The van der Waals surface area contributed by atoms with E-state index in [1.165, 1.54) is 103 Å². The molecule has 1 heteroatoms. The molecule has 0 unspecified atom stereocenters. The first-order chi connectivity index (χ1) is 9.77. The monoisotopic (exact) mass is 281 g/mol. The van der Waals surface area contributed by atoms with Crippen molar-refractivity contribution in [3.63, 3.8) is 0 Å². The number of unbranched alkanes of at least 4 members (excludes halogenated alkanes) is 9. The maximum Gasteiger partial charge on any atom is 0.0153 e. The van der Waals surface area contributed by atoms with Crippen LogP contribution in [0.2, 0.25) is 0 Å². The highest BCUT2D eigenvalue weighted by molar-refractivity contribution is 4.85. The summed E-state index contributed by atoms with van der Waals surface area (Å²) in [6.45, 7) is 5.97. The molecule has 120 valence electrons. The van der Waals surface area contributed by atoms with Crippen molar-refractivity contribution in [1.29, 1.82) is 0 Å². The summed E-state index contributed by atoms with van der Waals surface area (Å²) in [7, 11) is 0. The average molecular weight is 282 g/mol. The lowest BCUT2D eigenvalue weighted by Crippen LogP contribution is -2.44. The number of hydrogen-bond acceptors (Lipinski definition) is 1. The van der Waals surface area contributed by atoms with E-state index in [4.69, 9.17) is 0 Å². The zero-order valence-electron chi connectivity index (χ0n) is 14.3. The van der Waals surface area contributed by atoms with E-state index >= 15 is 0 Å². The van der Waals surface area contributed by atoms with E-state index in [9.17, 15) is 0 Å². The lowest BCUT2D eigenvalue weighted by molar-refractivity contribution is 0.253. The highest BCUT2D eigenvalue weighted by atomic mass is 15.0. The van der Waals surface area contributed by atoms with Gasteiger partial charge in [-0.05, 0) is 32.7 Å². The minimum atomic E-state index is 0.470. The first-order valence-electron chi connectivity index (χ1n) is 9.52. The van der Waals surface area contributed by atoms with Gasteiger partial charge in [-0.3, -0.25) is 0 Å². The molecule has 1 saturated carbocycles. The van der Waals surface area contributed by atoms with Crippen LogP contribution in [0.1, 0.15) is 110 Å². The molecule has 1 fully saturated rings. The summed E-state index contributed by atoms with van der Waals surface area (Å²) in [5, 5.41) is 3.82. The second kappa shape index (κ2) is 11.6. The average Bonchev–Trinajstić information content (AvgIpc) is 2.45. The maximum absolute atomic E-state index is 3.82. The smallest absolute Gasteiger partial charge is 0.0153 e. The normalized spacial score (nSPS) is 18.3. The lowest BCUT2D eigenvalue weighted by atomic mass is 9.83. The van der Waals surface area contributed by atoms with Gasteiger partial charge in [-0.25, -0.2) is 0 Å². The SMILES string of the molecule is CCCCCCCCCCCCNC1(C)CCCCC1. The van der Waals surface area contributed by atoms with Gasteiger partial charge < -0.3 is 5.32 Å². The first-order valence-corrected chi connectivity index (χ1v) is 9.52. The molecule has 1 nitrogen and oxygen atoms in total. The third kappa shape index (κ3) is 9.00. The van der Waals surface area contributed by atoms with Crippen molar-refractivity contribution in [3.05, 3.63) is 0 Å². The molecule has 1 rings (SSSR count). The summed E-state index contributed by atoms with van der Waals surface area (Å²) in [6.07, 6.45) is 21.5. The van der Waals surface area contributed by atoms with Crippen LogP contribution in [0.4, 0.5) is 0 Å². The molecule has 20 heavy (non-hydrogen) atoms. The molecule has 1 aliphatic rings. The summed E-state index contributed by atoms with van der Waals surface area (Å²) >= 11 is 0. The molecule has 0 aliphatic heterocycles. The minimum Gasteiger partial charge on any atom is -0.312 e. The highest BCUT2D eigenvalue weighted by Crippen LogP contribution is 2.27. The molecule has 0 spiro atoms. The Labute approximate surface area is 128 Å². The second-order valence-electron chi connectivity index (χ2n) is 7.23. The standard InChI is InChI=1S/C19H39N/c1-3-4-5-6-7-8-9-10-11-15-18-20-19(2)16-13-12-14-17-19/h20H,3-18H2,1-2H3. The largest absolute Gasteiger partial charge is 0.312 e. The van der Waals surface area contributed by atoms with Gasteiger partial charge in [-0.2, -0.15) is 0 Å². The van der Waals surface area contributed by atoms with E-state index in [0.29, 0.717) is 5.54 Å². The summed E-state index contributed by atoms with van der Waals surface area (Å²) < 4.78 is 0. The third-order valence-corrected chi connectivity index (χ3v) is 5.04. The first kappa shape index (κ1) is 18.0. The Bertz CT molecular complexity index is 206. The van der Waals surface area contributed by atoms with Crippen LogP contribution in [0.15, 0.2) is 0 Å². The van der Waals surface area contributed by atoms with Crippen LogP contribution in [0.5, 0.6) is 0 Å². The van der Waals surface area contributed by atoms with Gasteiger partial charge >= 0.3 is 0 Å². The van der Waals surface area contributed by atoms with Crippen molar-refractivity contribution in [1.82, 2.24) is 5.32 Å². The maximum atomic E-state index is 3.82. The second-order valence-corrected chi connectivity index (χ2v) is 7.23. The van der Waals surface area contributed by atoms with Crippen LogP contribution >= 0.6 is 0 Å². The Morgan fingerprint density at radius 1 is 0.700 bits per heavy atom. The van der Waals surface area contributed by atoms with Crippen LogP contribution < -0.4 is 5.32 Å². The van der Waals surface area contributed by atoms with Crippen LogP contribution in [0.25, 0.3) is 0 Å². The molecular formula is C19H39N. The Hall–Kier alpha value is -0.0400. The predicted octanol–water partition coefficient (Wildman–Crippen LogP) is 6.22. The van der Waals surface area contributed by atoms with Gasteiger partial charge in [-0.1, -0.05) is 84.0 Å². The van der Waals surface area contributed by atoms with Gasteiger partial charge in [0.05, 0.1) is 0 Å². The highest BCUT2D eigenvalue weighted by Gasteiger charge is 2.25. The lowest BCUT2D eigenvalue weighted by Gasteiger charge is -2.34. The van der Waals surface area contributed by atoms with Crippen LogP contribution in [0.3, 0.4) is 0 Å². The van der Waals surface area contributed by atoms with E-state index in [2.05, 4.69) is 19.2 Å². The van der Waals surface area contributed by atoms with Crippen LogP contribution in [0, 0.1) is 0 Å². The molecule has 0 bridgehead atoms. The molecule has 0 aromatic rings. The van der Waals surface area contributed by atoms with Gasteiger partial charge in [0.1, 0.15) is 0 Å². The molecule has 0 heterocycles. The fraction of sp³-hybridized carbons (Fsp3) is 1.00. The summed E-state index contributed by atoms with van der Waals surface area (Å²) in [6, 6.07) is 0. The van der Waals surface area contributed by atoms with Crippen molar-refractivity contribution < 1.29 is 0 Å². The quantitative estimate of drug-likeness (QED) is 0.419. The Balaban J connectivity index is 1.80. The van der Waals surface area contributed by atoms with E-state index in [-0.39, 0.29) is 0 Å². The Kier molecular flexibility index (Phi) is 10.4. The number of rotatable bonds is 12. The van der Waals surface area contributed by atoms with Crippen molar-refractivity contribution >= 4 is 0 Å². The van der Waals surface area contributed by atoms with E-state index in [0.717, 1.165) is 0 Å². The van der Waals surface area contributed by atoms with Crippen molar-refractivity contribution in [2.24, 2.45) is 0 Å². The molecule has 0 saturated heterocycles. The molecule has 0 aromatic carbocycles. The Morgan fingerprint density at radius 2 is 1.20 bits per heavy atom. The topological polar surface area (TPSA) is 12.0 Å². The summed E-state index contributed by atoms with van der Waals surface area (Å²) in [4.78, 5) is 0. The predicted molar refractivity (Wildman–Crippen MR) is 91.3 cm³/mol. The fourth-order valence-electron chi connectivity index (χ4n) is 3.51. The van der Waals surface area contributed by atoms with Crippen molar-refractivity contribution in [2.45, 2.75) is 116 Å². The molecular weight excluding hydrogens is 242 g/mol. The number of hydrogen-bond donors (Lipinski definition) is 1. The summed E-state index contributed by atoms with van der Waals surface area (Å²) in [5.41, 5.74) is 0.470. The van der Waals surface area contributed by atoms with Crippen LogP contribution in [-0.2, 0) is 0 Å². The van der Waals surface area contributed by atoms with E-state index in [1.54, 1.807) is 0 Å². The zero-order chi connectivity index (χ0) is 14.5. The molecule has 1 aliphatic carbocycles. The van der Waals surface area contributed by atoms with Gasteiger partial charge in [0.2, 0.25) is 0 Å². The van der Waals surface area contributed by atoms with E-state index < -0.39 is 0 Å². The summed E-state index contributed by atoms with van der Waals surface area (Å²) in [5.74, 6) is 0. The van der Waals surface area contributed by atoms with Crippen molar-refractivity contribution in [2.75, 3.05) is 6.54 Å².